The first-order valence-corrected chi connectivity index (χ1v) is 6.30. The Balaban J connectivity index is 2.67. The number of aromatic hydroxyl groups is 2. The van der Waals surface area contributed by atoms with Crippen LogP contribution in [0.3, 0.4) is 0 Å². The van der Waals surface area contributed by atoms with Crippen LogP contribution in [0.5, 0.6) is 11.5 Å². The number of benzene rings is 2. The molecule has 2 rings (SSSR count). The van der Waals surface area contributed by atoms with E-state index in [1.165, 1.54) is 5.56 Å². The van der Waals surface area contributed by atoms with Gasteiger partial charge in [-0.1, -0.05) is 38.1 Å². The fourth-order valence-electron chi connectivity index (χ4n) is 2.24. The summed E-state index contributed by atoms with van der Waals surface area (Å²) in [6.45, 7) is 4.05. The SMILES string of the molecule is CCc1ccccc1-c1cc(O)cc(CC)c1O. The van der Waals surface area contributed by atoms with E-state index >= 15 is 0 Å². The van der Waals surface area contributed by atoms with E-state index < -0.39 is 0 Å². The summed E-state index contributed by atoms with van der Waals surface area (Å²) >= 11 is 0. The Kier molecular flexibility index (Phi) is 3.56. The number of rotatable bonds is 3. The zero-order chi connectivity index (χ0) is 13.1. The molecule has 0 aromatic heterocycles. The van der Waals surface area contributed by atoms with Crippen molar-refractivity contribution in [3.05, 3.63) is 47.5 Å². The third-order valence-corrected chi connectivity index (χ3v) is 3.24. The van der Waals surface area contributed by atoms with Gasteiger partial charge >= 0.3 is 0 Å². The molecule has 2 nitrogen and oxygen atoms in total. The van der Waals surface area contributed by atoms with Gasteiger partial charge in [0.15, 0.2) is 0 Å². The van der Waals surface area contributed by atoms with Gasteiger partial charge in [-0.2, -0.15) is 0 Å². The van der Waals surface area contributed by atoms with Crippen LogP contribution in [0.2, 0.25) is 0 Å². The fraction of sp³-hybridized carbons (Fsp3) is 0.250. The lowest BCUT2D eigenvalue weighted by molar-refractivity contribution is 0.456. The first-order valence-electron chi connectivity index (χ1n) is 6.30. The largest absolute Gasteiger partial charge is 0.508 e. The summed E-state index contributed by atoms with van der Waals surface area (Å²) in [5, 5.41) is 20.0. The van der Waals surface area contributed by atoms with Crippen LogP contribution in [0.1, 0.15) is 25.0 Å². The Labute approximate surface area is 108 Å². The fourth-order valence-corrected chi connectivity index (χ4v) is 2.24. The smallest absolute Gasteiger partial charge is 0.126 e. The summed E-state index contributed by atoms with van der Waals surface area (Å²) in [5.74, 6) is 0.474. The lowest BCUT2D eigenvalue weighted by Crippen LogP contribution is -1.90. The first-order chi connectivity index (χ1) is 8.67. The molecule has 0 bridgehead atoms. The molecule has 0 fully saturated rings. The monoisotopic (exact) mass is 242 g/mol. The molecule has 0 aliphatic heterocycles. The number of aryl methyl sites for hydroxylation is 2. The van der Waals surface area contributed by atoms with Crippen molar-refractivity contribution < 1.29 is 10.2 Å². The van der Waals surface area contributed by atoms with E-state index in [2.05, 4.69) is 6.92 Å². The molecule has 0 aliphatic carbocycles. The topological polar surface area (TPSA) is 40.5 Å². The summed E-state index contributed by atoms with van der Waals surface area (Å²) in [6.07, 6.45) is 1.59. The van der Waals surface area contributed by atoms with Crippen molar-refractivity contribution >= 4 is 0 Å². The maximum Gasteiger partial charge on any atom is 0.126 e. The number of hydrogen-bond donors (Lipinski definition) is 2. The summed E-state index contributed by atoms with van der Waals surface area (Å²) < 4.78 is 0. The predicted molar refractivity (Wildman–Crippen MR) is 74.0 cm³/mol. The lowest BCUT2D eigenvalue weighted by atomic mass is 9.95. The van der Waals surface area contributed by atoms with Crippen LogP contribution in [0.25, 0.3) is 11.1 Å². The average molecular weight is 242 g/mol. The molecule has 2 aromatic carbocycles. The molecule has 0 heterocycles. The average Bonchev–Trinajstić information content (AvgIpc) is 2.41. The van der Waals surface area contributed by atoms with Crippen LogP contribution in [0.4, 0.5) is 0 Å². The summed E-state index contributed by atoms with van der Waals surface area (Å²) in [7, 11) is 0. The highest BCUT2D eigenvalue weighted by Gasteiger charge is 2.12. The third kappa shape index (κ3) is 2.19. The summed E-state index contributed by atoms with van der Waals surface area (Å²) in [5.41, 5.74) is 3.64. The van der Waals surface area contributed by atoms with Gasteiger partial charge in [0.25, 0.3) is 0 Å². The molecule has 18 heavy (non-hydrogen) atoms. The van der Waals surface area contributed by atoms with Gasteiger partial charge in [0.2, 0.25) is 0 Å². The normalized spacial score (nSPS) is 10.6. The Morgan fingerprint density at radius 3 is 2.17 bits per heavy atom. The third-order valence-electron chi connectivity index (χ3n) is 3.24. The van der Waals surface area contributed by atoms with Crippen LogP contribution in [0.15, 0.2) is 36.4 Å². The quantitative estimate of drug-likeness (QED) is 0.802. The van der Waals surface area contributed by atoms with E-state index in [4.69, 9.17) is 0 Å². The highest BCUT2D eigenvalue weighted by Crippen LogP contribution is 2.37. The van der Waals surface area contributed by atoms with Gasteiger partial charge in [-0.15, -0.1) is 0 Å². The van der Waals surface area contributed by atoms with Crippen molar-refractivity contribution in [2.24, 2.45) is 0 Å². The van der Waals surface area contributed by atoms with Crippen molar-refractivity contribution in [3.63, 3.8) is 0 Å². The van der Waals surface area contributed by atoms with Crippen LogP contribution in [0, 0.1) is 0 Å². The molecular formula is C16H18O2. The second-order valence-electron chi connectivity index (χ2n) is 4.37. The lowest BCUT2D eigenvalue weighted by Gasteiger charge is -2.13. The Bertz CT molecular complexity index is 559. The van der Waals surface area contributed by atoms with Gasteiger partial charge in [0, 0.05) is 5.56 Å². The molecule has 0 radical (unpaired) electrons. The molecule has 0 saturated heterocycles. The Hall–Kier alpha value is -1.96. The zero-order valence-electron chi connectivity index (χ0n) is 10.8. The molecule has 94 valence electrons. The van der Waals surface area contributed by atoms with Crippen LogP contribution in [-0.2, 0) is 12.8 Å². The summed E-state index contributed by atoms with van der Waals surface area (Å²) in [6, 6.07) is 11.2. The van der Waals surface area contributed by atoms with Gasteiger partial charge in [-0.05, 0) is 41.7 Å². The minimum atomic E-state index is 0.200. The predicted octanol–water partition coefficient (Wildman–Crippen LogP) is 3.89. The molecule has 0 amide bonds. The number of phenols is 2. The van der Waals surface area contributed by atoms with E-state index in [9.17, 15) is 10.2 Å². The molecule has 0 atom stereocenters. The minimum absolute atomic E-state index is 0.200. The molecule has 0 spiro atoms. The Morgan fingerprint density at radius 1 is 0.833 bits per heavy atom. The molecule has 2 heteroatoms. The van der Waals surface area contributed by atoms with E-state index in [0.29, 0.717) is 12.0 Å². The van der Waals surface area contributed by atoms with Crippen LogP contribution in [-0.4, -0.2) is 10.2 Å². The van der Waals surface area contributed by atoms with Gasteiger partial charge in [-0.3, -0.25) is 0 Å². The Morgan fingerprint density at radius 2 is 1.50 bits per heavy atom. The van der Waals surface area contributed by atoms with E-state index in [1.807, 2.05) is 31.2 Å². The minimum Gasteiger partial charge on any atom is -0.508 e. The van der Waals surface area contributed by atoms with E-state index in [0.717, 1.165) is 17.5 Å². The molecule has 2 aromatic rings. The molecule has 0 aliphatic rings. The highest BCUT2D eigenvalue weighted by atomic mass is 16.3. The maximum atomic E-state index is 10.3. The van der Waals surface area contributed by atoms with Crippen molar-refractivity contribution in [2.45, 2.75) is 26.7 Å². The van der Waals surface area contributed by atoms with Crippen LogP contribution >= 0.6 is 0 Å². The second-order valence-corrected chi connectivity index (χ2v) is 4.37. The van der Waals surface area contributed by atoms with E-state index in [-0.39, 0.29) is 11.5 Å². The van der Waals surface area contributed by atoms with Crippen molar-refractivity contribution in [1.29, 1.82) is 0 Å². The molecule has 0 saturated carbocycles. The van der Waals surface area contributed by atoms with Gasteiger partial charge in [-0.25, -0.2) is 0 Å². The first kappa shape index (κ1) is 12.5. The standard InChI is InChI=1S/C16H18O2/c1-3-11-7-5-6-8-14(11)15-10-13(17)9-12(4-2)16(15)18/h5-10,17-18H,3-4H2,1-2H3. The highest BCUT2D eigenvalue weighted by molar-refractivity contribution is 5.76. The van der Waals surface area contributed by atoms with Gasteiger partial charge in [0.1, 0.15) is 11.5 Å². The molecule has 0 unspecified atom stereocenters. The van der Waals surface area contributed by atoms with Crippen molar-refractivity contribution in [1.82, 2.24) is 0 Å². The second kappa shape index (κ2) is 5.13. The van der Waals surface area contributed by atoms with Gasteiger partial charge < -0.3 is 10.2 Å². The summed E-state index contributed by atoms with van der Waals surface area (Å²) in [4.78, 5) is 0. The number of phenolic OH excluding ortho intramolecular Hbond substituents is 2. The molecular weight excluding hydrogens is 224 g/mol. The van der Waals surface area contributed by atoms with Crippen molar-refractivity contribution in [2.75, 3.05) is 0 Å². The zero-order valence-corrected chi connectivity index (χ0v) is 10.8. The molecule has 2 N–H and O–H groups in total. The van der Waals surface area contributed by atoms with Crippen molar-refractivity contribution in [3.8, 4) is 22.6 Å². The van der Waals surface area contributed by atoms with Crippen LogP contribution < -0.4 is 0 Å². The number of hydrogen-bond acceptors (Lipinski definition) is 2. The maximum absolute atomic E-state index is 10.3. The van der Waals surface area contributed by atoms with E-state index in [1.54, 1.807) is 12.1 Å². The van der Waals surface area contributed by atoms with Gasteiger partial charge in [0.05, 0.1) is 0 Å².